The van der Waals surface area contributed by atoms with Crippen LogP contribution in [-0.4, -0.2) is 12.0 Å². The molecule has 13 heavy (non-hydrogen) atoms. The number of aromatic nitrogens is 1. The van der Waals surface area contributed by atoms with Crippen LogP contribution >= 0.6 is 0 Å². The molecule has 0 amide bonds. The third kappa shape index (κ3) is 1.40. The zero-order valence-electron chi connectivity index (χ0n) is 7.29. The number of pyridine rings is 1. The fourth-order valence-corrected chi connectivity index (χ4v) is 1.31. The van der Waals surface area contributed by atoms with Gasteiger partial charge in [0.15, 0.2) is 0 Å². The first-order valence-electron chi connectivity index (χ1n) is 4.10. The number of nitrogens with one attached hydrogen (secondary N) is 2. The van der Waals surface area contributed by atoms with Gasteiger partial charge < -0.3 is 10.3 Å². The minimum Gasteiger partial charge on any atom is -0.388 e. The highest BCUT2D eigenvalue weighted by atomic mass is 16.1. The van der Waals surface area contributed by atoms with Crippen LogP contribution in [0.1, 0.15) is 2.85 Å². The Morgan fingerprint density at radius 2 is 2.15 bits per heavy atom. The summed E-state index contributed by atoms with van der Waals surface area (Å²) in [6, 6.07) is 9.16. The topological polar surface area (TPSA) is 44.9 Å². The molecule has 0 aliphatic carbocycles. The molecule has 0 aliphatic rings. The molecule has 0 saturated carbocycles. The molecule has 70 valence electrons. The van der Waals surface area contributed by atoms with Gasteiger partial charge in [-0.25, -0.2) is 0 Å². The lowest BCUT2D eigenvalue weighted by atomic mass is 10.2. The average molecular weight is 178 g/mol. The van der Waals surface area contributed by atoms with Crippen LogP contribution in [0.2, 0.25) is 0 Å². The van der Waals surface area contributed by atoms with Gasteiger partial charge in [-0.05, 0) is 24.3 Å². The van der Waals surface area contributed by atoms with E-state index >= 15 is 0 Å². The van der Waals surface area contributed by atoms with Crippen LogP contribution in [0.15, 0.2) is 35.1 Å². The highest BCUT2D eigenvalue weighted by Gasteiger charge is 1.94. The van der Waals surface area contributed by atoms with Crippen molar-refractivity contribution in [1.82, 2.24) is 4.98 Å². The molecule has 0 bridgehead atoms. The molecular formula is C10H14N2O. The van der Waals surface area contributed by atoms with E-state index in [1.165, 1.54) is 6.07 Å². The van der Waals surface area contributed by atoms with E-state index in [0.717, 1.165) is 16.6 Å². The van der Waals surface area contributed by atoms with E-state index in [2.05, 4.69) is 10.3 Å². The maximum absolute atomic E-state index is 11.0. The molecule has 0 radical (unpaired) electrons. The summed E-state index contributed by atoms with van der Waals surface area (Å²) in [5.41, 5.74) is 1.84. The zero-order valence-corrected chi connectivity index (χ0v) is 7.29. The predicted molar refractivity (Wildman–Crippen MR) is 58.3 cm³/mol. The summed E-state index contributed by atoms with van der Waals surface area (Å²) in [6.45, 7) is 0. The van der Waals surface area contributed by atoms with E-state index in [0.29, 0.717) is 0 Å². The van der Waals surface area contributed by atoms with E-state index in [-0.39, 0.29) is 8.41 Å². The van der Waals surface area contributed by atoms with E-state index < -0.39 is 0 Å². The van der Waals surface area contributed by atoms with Crippen molar-refractivity contribution in [3.63, 3.8) is 0 Å². The monoisotopic (exact) mass is 178 g/mol. The molecule has 0 unspecified atom stereocenters. The van der Waals surface area contributed by atoms with Crippen molar-refractivity contribution >= 4 is 16.6 Å². The van der Waals surface area contributed by atoms with Gasteiger partial charge >= 0.3 is 0 Å². The van der Waals surface area contributed by atoms with Gasteiger partial charge in [-0.3, -0.25) is 4.79 Å². The average Bonchev–Trinajstić information content (AvgIpc) is 2.17. The maximum atomic E-state index is 11.0. The second-order valence-electron chi connectivity index (χ2n) is 2.87. The molecule has 3 nitrogen and oxygen atoms in total. The van der Waals surface area contributed by atoms with Gasteiger partial charge in [-0.15, -0.1) is 0 Å². The third-order valence-corrected chi connectivity index (χ3v) is 2.01. The predicted octanol–water partition coefficient (Wildman–Crippen LogP) is 2.06. The molecule has 0 fully saturated rings. The maximum Gasteiger partial charge on any atom is 0.248 e. The number of hydrogen-bond donors (Lipinski definition) is 2. The molecule has 0 saturated heterocycles. The number of fused-ring (bicyclic) bond motifs is 1. The molecule has 0 aliphatic heterocycles. The normalized spacial score (nSPS) is 10.2. The molecule has 3 heteroatoms. The Kier molecular flexibility index (Phi) is 1.77. The number of anilines is 1. The van der Waals surface area contributed by atoms with Crippen LogP contribution in [0.5, 0.6) is 0 Å². The summed E-state index contributed by atoms with van der Waals surface area (Å²) in [4.78, 5) is 13.7. The van der Waals surface area contributed by atoms with E-state index in [1.54, 1.807) is 0 Å². The molecular weight excluding hydrogens is 164 g/mol. The van der Waals surface area contributed by atoms with Gasteiger partial charge in [0.25, 0.3) is 0 Å². The van der Waals surface area contributed by atoms with E-state index in [9.17, 15) is 4.79 Å². The first-order valence-corrected chi connectivity index (χ1v) is 4.10. The fraction of sp³-hybridized carbons (Fsp3) is 0.100. The molecule has 2 N–H and O–H groups in total. The second-order valence-corrected chi connectivity index (χ2v) is 2.87. The summed E-state index contributed by atoms with van der Waals surface area (Å²) in [5, 5.41) is 4.08. The molecule has 0 spiro atoms. The fourth-order valence-electron chi connectivity index (χ4n) is 1.31. The number of hydrogen-bond acceptors (Lipinski definition) is 2. The molecule has 2 aromatic rings. The van der Waals surface area contributed by atoms with Crippen molar-refractivity contribution in [3.8, 4) is 0 Å². The van der Waals surface area contributed by atoms with Gasteiger partial charge in [0.1, 0.15) is 0 Å². The van der Waals surface area contributed by atoms with Crippen LogP contribution in [-0.2, 0) is 0 Å². The lowest BCUT2D eigenvalue weighted by Crippen LogP contribution is -2.02. The standard InChI is InChI=1S/C10H10N2O.2H2/c1-11-8-3-4-9-7(6-8)2-5-10(13)12-9;;/h2-6,11H,1H3,(H,12,13);2*1H. The van der Waals surface area contributed by atoms with Gasteiger partial charge in [0, 0.05) is 32.6 Å². The van der Waals surface area contributed by atoms with Gasteiger partial charge in [-0.2, -0.15) is 0 Å². The first-order chi connectivity index (χ1) is 6.29. The molecule has 1 heterocycles. The smallest absolute Gasteiger partial charge is 0.248 e. The summed E-state index contributed by atoms with van der Waals surface area (Å²) in [7, 11) is 1.87. The van der Waals surface area contributed by atoms with Gasteiger partial charge in [-0.1, -0.05) is 0 Å². The first kappa shape index (κ1) is 7.86. The summed E-state index contributed by atoms with van der Waals surface area (Å²) < 4.78 is 0. The highest BCUT2D eigenvalue weighted by molar-refractivity contribution is 5.81. The van der Waals surface area contributed by atoms with Gasteiger partial charge in [0.05, 0.1) is 0 Å². The van der Waals surface area contributed by atoms with E-state index in [4.69, 9.17) is 0 Å². The Morgan fingerprint density at radius 3 is 2.92 bits per heavy atom. The van der Waals surface area contributed by atoms with Crippen molar-refractivity contribution in [3.05, 3.63) is 40.7 Å². The Labute approximate surface area is 78.4 Å². The Bertz CT molecular complexity index is 496. The summed E-state index contributed by atoms with van der Waals surface area (Å²) in [5.74, 6) is 0. The van der Waals surface area contributed by atoms with Crippen LogP contribution in [0.4, 0.5) is 5.69 Å². The quantitative estimate of drug-likeness (QED) is 0.702. The molecule has 2 rings (SSSR count). The van der Waals surface area contributed by atoms with Crippen LogP contribution in [0.25, 0.3) is 10.9 Å². The van der Waals surface area contributed by atoms with Crippen molar-refractivity contribution in [2.24, 2.45) is 0 Å². The lowest BCUT2D eigenvalue weighted by Gasteiger charge is -2.01. The van der Waals surface area contributed by atoms with Crippen LogP contribution in [0.3, 0.4) is 0 Å². The Morgan fingerprint density at radius 1 is 1.31 bits per heavy atom. The Hall–Kier alpha value is -1.77. The van der Waals surface area contributed by atoms with Crippen molar-refractivity contribution in [2.45, 2.75) is 0 Å². The summed E-state index contributed by atoms with van der Waals surface area (Å²) in [6.07, 6.45) is 0. The lowest BCUT2D eigenvalue weighted by molar-refractivity contribution is 1.31. The molecule has 1 aromatic heterocycles. The number of rotatable bonds is 1. The highest BCUT2D eigenvalue weighted by Crippen LogP contribution is 2.14. The summed E-state index contributed by atoms with van der Waals surface area (Å²) >= 11 is 0. The van der Waals surface area contributed by atoms with Crippen LogP contribution in [0, 0.1) is 0 Å². The molecule has 0 atom stereocenters. The largest absolute Gasteiger partial charge is 0.388 e. The number of benzene rings is 1. The number of aromatic amines is 1. The SMILES string of the molecule is CNc1ccc2[nH]c(=O)ccc2c1.[HH].[HH]. The molecule has 1 aromatic carbocycles. The minimum absolute atomic E-state index is 0. The number of H-pyrrole nitrogens is 1. The second kappa shape index (κ2) is 2.94. The van der Waals surface area contributed by atoms with Gasteiger partial charge in [0.2, 0.25) is 5.56 Å². The third-order valence-electron chi connectivity index (χ3n) is 2.01. The zero-order chi connectivity index (χ0) is 9.26. The Balaban J connectivity index is 0.000000980. The van der Waals surface area contributed by atoms with E-state index in [1.807, 2.05) is 31.3 Å². The van der Waals surface area contributed by atoms with Crippen molar-refractivity contribution in [1.29, 1.82) is 0 Å². The van der Waals surface area contributed by atoms with Crippen molar-refractivity contribution in [2.75, 3.05) is 12.4 Å². The minimum atomic E-state index is -0.0651. The van der Waals surface area contributed by atoms with Crippen LogP contribution < -0.4 is 10.9 Å². The van der Waals surface area contributed by atoms with Crippen molar-refractivity contribution < 1.29 is 2.85 Å².